The second-order valence-electron chi connectivity index (χ2n) is 6.73. The van der Waals surface area contributed by atoms with Crippen LogP contribution < -0.4 is 0 Å². The van der Waals surface area contributed by atoms with Crippen LogP contribution in [0.2, 0.25) is 0 Å². The minimum absolute atomic E-state index is 0.196. The smallest absolute Gasteiger partial charge is 0.123 e. The predicted octanol–water partition coefficient (Wildman–Crippen LogP) is 7.11. The topological polar surface area (TPSA) is 17.1 Å². The summed E-state index contributed by atoms with van der Waals surface area (Å²) in [4.78, 5) is 0.822. The molecule has 0 aliphatic heterocycles. The van der Waals surface area contributed by atoms with Crippen molar-refractivity contribution in [2.75, 3.05) is 6.26 Å². The van der Waals surface area contributed by atoms with Crippen molar-refractivity contribution in [1.29, 1.82) is 0 Å². The van der Waals surface area contributed by atoms with E-state index in [4.69, 9.17) is 0 Å². The molecule has 2 aromatic carbocycles. The first-order valence-corrected chi connectivity index (χ1v) is 11.1. The molecule has 27 heavy (non-hydrogen) atoms. The molecule has 0 saturated heterocycles. The summed E-state index contributed by atoms with van der Waals surface area (Å²) in [6.07, 6.45) is 7.32. The van der Waals surface area contributed by atoms with E-state index in [1.54, 1.807) is 12.3 Å². The van der Waals surface area contributed by atoms with E-state index in [1.165, 1.54) is 30.1 Å². The number of allylic oxidation sites excluding steroid dienone is 3. The summed E-state index contributed by atoms with van der Waals surface area (Å²) in [6, 6.07) is 12.7. The van der Waals surface area contributed by atoms with Crippen molar-refractivity contribution in [2.45, 2.75) is 51.9 Å². The maximum Gasteiger partial charge on any atom is 0.123 e. The van der Waals surface area contributed by atoms with Crippen molar-refractivity contribution in [2.24, 2.45) is 0 Å². The standard InChI is InChI=1S/C20H19FOS.C4H10/c1-4-17-13(2)19(18-10-7-15(21)12-20(17)18)11-14-5-8-16(9-6-14)23(3)22;1-3-4-2/h5-12H,4H2,1-3H3;3-4H2,1-2H3/b19-11+;. The van der Waals surface area contributed by atoms with Crippen LogP contribution in [0.25, 0.3) is 17.2 Å². The van der Waals surface area contributed by atoms with Crippen LogP contribution >= 0.6 is 0 Å². The molecule has 0 fully saturated rings. The first-order valence-electron chi connectivity index (χ1n) is 9.58. The molecule has 0 bridgehead atoms. The van der Waals surface area contributed by atoms with E-state index in [-0.39, 0.29) is 5.82 Å². The van der Waals surface area contributed by atoms with Gasteiger partial charge in [-0.3, -0.25) is 4.21 Å². The molecular formula is C24H29FOS. The number of fused-ring (bicyclic) bond motifs is 1. The number of rotatable bonds is 4. The molecule has 1 nitrogen and oxygen atoms in total. The van der Waals surface area contributed by atoms with Crippen molar-refractivity contribution < 1.29 is 8.60 Å². The van der Waals surface area contributed by atoms with Gasteiger partial charge in [0.15, 0.2) is 0 Å². The molecule has 0 saturated carbocycles. The molecule has 1 aliphatic rings. The highest BCUT2D eigenvalue weighted by atomic mass is 32.2. The fourth-order valence-electron chi connectivity index (χ4n) is 3.13. The van der Waals surface area contributed by atoms with Crippen molar-refractivity contribution in [3.05, 3.63) is 70.5 Å². The van der Waals surface area contributed by atoms with Crippen LogP contribution in [-0.4, -0.2) is 10.5 Å². The van der Waals surface area contributed by atoms with Gasteiger partial charge in [-0.15, -0.1) is 0 Å². The SMILES string of the molecule is CCC1=C(C)/C(=C\c2ccc(S(C)=O)cc2)c2ccc(F)cc21.CCCC. The van der Waals surface area contributed by atoms with E-state index in [1.807, 2.05) is 30.3 Å². The molecule has 1 atom stereocenters. The largest absolute Gasteiger partial charge is 0.255 e. The van der Waals surface area contributed by atoms with Crippen molar-refractivity contribution in [3.63, 3.8) is 0 Å². The van der Waals surface area contributed by atoms with Gasteiger partial charge in [-0.1, -0.05) is 51.8 Å². The molecule has 0 amide bonds. The Labute approximate surface area is 165 Å². The third-order valence-corrected chi connectivity index (χ3v) is 5.77. The van der Waals surface area contributed by atoms with Gasteiger partial charge in [0.1, 0.15) is 5.82 Å². The number of unbranched alkanes of at least 4 members (excludes halogenated alkanes) is 1. The Morgan fingerprint density at radius 2 is 1.59 bits per heavy atom. The Morgan fingerprint density at radius 1 is 0.963 bits per heavy atom. The van der Waals surface area contributed by atoms with E-state index in [9.17, 15) is 8.60 Å². The van der Waals surface area contributed by atoms with E-state index in [0.717, 1.165) is 33.6 Å². The predicted molar refractivity (Wildman–Crippen MR) is 117 cm³/mol. The highest BCUT2D eigenvalue weighted by Crippen LogP contribution is 2.43. The van der Waals surface area contributed by atoms with Gasteiger partial charge in [-0.05, 0) is 77.1 Å². The Bertz CT molecular complexity index is 874. The molecule has 144 valence electrons. The summed E-state index contributed by atoms with van der Waals surface area (Å²) in [5, 5.41) is 0. The van der Waals surface area contributed by atoms with Gasteiger partial charge in [-0.25, -0.2) is 4.39 Å². The lowest BCUT2D eigenvalue weighted by Gasteiger charge is -2.05. The third kappa shape index (κ3) is 5.04. The van der Waals surface area contributed by atoms with Crippen LogP contribution in [0.15, 0.2) is 52.9 Å². The summed E-state index contributed by atoms with van der Waals surface area (Å²) in [6.45, 7) is 8.56. The maximum atomic E-state index is 13.6. The Morgan fingerprint density at radius 3 is 2.11 bits per heavy atom. The number of hydrogen-bond donors (Lipinski definition) is 0. The summed E-state index contributed by atoms with van der Waals surface area (Å²) in [5.41, 5.74) is 6.70. The molecule has 0 heterocycles. The van der Waals surface area contributed by atoms with Crippen LogP contribution in [0.4, 0.5) is 4.39 Å². The van der Waals surface area contributed by atoms with Crippen molar-refractivity contribution in [3.8, 4) is 0 Å². The van der Waals surface area contributed by atoms with Crippen molar-refractivity contribution in [1.82, 2.24) is 0 Å². The van der Waals surface area contributed by atoms with E-state index in [2.05, 4.69) is 33.8 Å². The minimum atomic E-state index is -0.966. The minimum Gasteiger partial charge on any atom is -0.255 e. The van der Waals surface area contributed by atoms with Crippen LogP contribution in [-0.2, 0) is 10.8 Å². The summed E-state index contributed by atoms with van der Waals surface area (Å²) < 4.78 is 25.1. The van der Waals surface area contributed by atoms with Gasteiger partial charge < -0.3 is 0 Å². The number of benzene rings is 2. The molecule has 3 heteroatoms. The van der Waals surface area contributed by atoms with Crippen LogP contribution in [0.3, 0.4) is 0 Å². The average molecular weight is 385 g/mol. The fraction of sp³-hybridized carbons (Fsp3) is 0.333. The number of halogens is 1. The molecule has 2 aromatic rings. The Hall–Kier alpha value is -2.00. The zero-order chi connectivity index (χ0) is 20.0. The van der Waals surface area contributed by atoms with E-state index < -0.39 is 10.8 Å². The molecule has 1 unspecified atom stereocenters. The Kier molecular flexibility index (Phi) is 7.73. The lowest BCUT2D eigenvalue weighted by molar-refractivity contribution is 0.627. The quantitative estimate of drug-likeness (QED) is 0.549. The van der Waals surface area contributed by atoms with Gasteiger partial charge in [0.25, 0.3) is 0 Å². The molecule has 0 spiro atoms. The first-order chi connectivity index (χ1) is 12.9. The average Bonchev–Trinajstić information content (AvgIpc) is 2.92. The summed E-state index contributed by atoms with van der Waals surface area (Å²) in [7, 11) is -0.966. The summed E-state index contributed by atoms with van der Waals surface area (Å²) in [5.74, 6) is -0.196. The van der Waals surface area contributed by atoms with Crippen molar-refractivity contribution >= 4 is 28.0 Å². The molecule has 1 aliphatic carbocycles. The highest BCUT2D eigenvalue weighted by Gasteiger charge is 2.22. The van der Waals surface area contributed by atoms with Crippen LogP contribution in [0.5, 0.6) is 0 Å². The monoisotopic (exact) mass is 384 g/mol. The number of hydrogen-bond acceptors (Lipinski definition) is 1. The van der Waals surface area contributed by atoms with Crippen LogP contribution in [0, 0.1) is 5.82 Å². The van der Waals surface area contributed by atoms with E-state index >= 15 is 0 Å². The zero-order valence-corrected chi connectivity index (χ0v) is 17.8. The van der Waals surface area contributed by atoms with Gasteiger partial charge in [-0.2, -0.15) is 0 Å². The van der Waals surface area contributed by atoms with Gasteiger partial charge >= 0.3 is 0 Å². The fourth-order valence-corrected chi connectivity index (χ4v) is 3.65. The maximum absolute atomic E-state index is 13.6. The molecule has 0 radical (unpaired) electrons. The van der Waals surface area contributed by atoms with Gasteiger partial charge in [0.05, 0.1) is 0 Å². The molecule has 0 N–H and O–H groups in total. The first kappa shape index (κ1) is 21.3. The lowest BCUT2D eigenvalue weighted by atomic mass is 10.0. The van der Waals surface area contributed by atoms with Gasteiger partial charge in [0.2, 0.25) is 0 Å². The second-order valence-corrected chi connectivity index (χ2v) is 8.11. The third-order valence-electron chi connectivity index (χ3n) is 4.83. The summed E-state index contributed by atoms with van der Waals surface area (Å²) >= 11 is 0. The molecule has 3 rings (SSSR count). The second kappa shape index (κ2) is 9.80. The molecule has 0 aromatic heterocycles. The zero-order valence-electron chi connectivity index (χ0n) is 16.9. The Balaban J connectivity index is 0.000000596. The van der Waals surface area contributed by atoms with E-state index in [0.29, 0.717) is 0 Å². The van der Waals surface area contributed by atoms with Gasteiger partial charge in [0, 0.05) is 22.0 Å². The molecular weight excluding hydrogens is 355 g/mol. The normalized spacial score (nSPS) is 15.4. The highest BCUT2D eigenvalue weighted by molar-refractivity contribution is 7.84. The van der Waals surface area contributed by atoms with Crippen LogP contribution in [0.1, 0.15) is 63.6 Å². The lowest BCUT2D eigenvalue weighted by Crippen LogP contribution is -1.88.